The van der Waals surface area contributed by atoms with Gasteiger partial charge in [0, 0.05) is 44.6 Å². The van der Waals surface area contributed by atoms with Gasteiger partial charge in [-0.1, -0.05) is 6.07 Å². The average molecular weight is 441 g/mol. The summed E-state index contributed by atoms with van der Waals surface area (Å²) in [6, 6.07) is 6.59. The lowest BCUT2D eigenvalue weighted by molar-refractivity contribution is -0.135. The van der Waals surface area contributed by atoms with Crippen molar-refractivity contribution in [1.29, 1.82) is 0 Å². The summed E-state index contributed by atoms with van der Waals surface area (Å²) in [6.45, 7) is 2.11. The molecule has 32 heavy (non-hydrogen) atoms. The van der Waals surface area contributed by atoms with E-state index in [9.17, 15) is 9.59 Å². The van der Waals surface area contributed by atoms with E-state index < -0.39 is 0 Å². The highest BCUT2D eigenvalue weighted by atomic mass is 16.5. The van der Waals surface area contributed by atoms with Crippen LogP contribution in [0.15, 0.2) is 29.8 Å². The molecule has 1 heterocycles. The molecule has 6 nitrogen and oxygen atoms in total. The maximum absolute atomic E-state index is 12.5. The van der Waals surface area contributed by atoms with Crippen LogP contribution in [0.1, 0.15) is 49.7 Å². The lowest BCUT2D eigenvalue weighted by Gasteiger charge is -2.54. The number of nitrogens with zero attached hydrogens (tertiary/aromatic N) is 2. The fourth-order valence-electron chi connectivity index (χ4n) is 5.63. The van der Waals surface area contributed by atoms with Crippen molar-refractivity contribution in [2.24, 2.45) is 5.92 Å². The van der Waals surface area contributed by atoms with Crippen LogP contribution in [0.3, 0.4) is 0 Å². The second-order valence-electron chi connectivity index (χ2n) is 9.78. The minimum Gasteiger partial charge on any atom is -0.497 e. The van der Waals surface area contributed by atoms with Crippen LogP contribution in [-0.2, 0) is 26.2 Å². The number of hydrogen-bond acceptors (Lipinski definition) is 5. The van der Waals surface area contributed by atoms with Gasteiger partial charge in [0.05, 0.1) is 14.2 Å². The van der Waals surface area contributed by atoms with Gasteiger partial charge in [0.15, 0.2) is 0 Å². The van der Waals surface area contributed by atoms with Crippen LogP contribution < -0.4 is 4.74 Å². The van der Waals surface area contributed by atoms with Crippen LogP contribution in [-0.4, -0.2) is 69.1 Å². The first-order chi connectivity index (χ1) is 15.4. The Balaban J connectivity index is 1.76. The van der Waals surface area contributed by atoms with Crippen LogP contribution in [0, 0.1) is 5.92 Å². The van der Waals surface area contributed by atoms with Crippen molar-refractivity contribution in [2.75, 3.05) is 41.4 Å². The van der Waals surface area contributed by atoms with E-state index >= 15 is 0 Å². The molecule has 1 aliphatic heterocycles. The monoisotopic (exact) mass is 440 g/mol. The zero-order valence-corrected chi connectivity index (χ0v) is 19.9. The predicted octanol–water partition coefficient (Wildman–Crippen LogP) is 3.33. The molecule has 2 aliphatic carbocycles. The number of carbonyl (C=O) groups excluding carboxylic acids is 2. The number of likely N-dealkylation sites (tertiary alicyclic amines) is 1. The highest BCUT2D eigenvalue weighted by Crippen LogP contribution is 2.53. The lowest BCUT2D eigenvalue weighted by Crippen LogP contribution is -2.56. The molecule has 2 atom stereocenters. The molecule has 2 fully saturated rings. The van der Waals surface area contributed by atoms with Crippen LogP contribution >= 0.6 is 0 Å². The molecular weight excluding hydrogens is 404 g/mol. The molecule has 0 unspecified atom stereocenters. The quantitative estimate of drug-likeness (QED) is 0.458. The van der Waals surface area contributed by atoms with Crippen molar-refractivity contribution < 1.29 is 19.1 Å². The molecule has 1 aromatic carbocycles. The number of hydrogen-bond donors (Lipinski definition) is 0. The van der Waals surface area contributed by atoms with E-state index in [1.165, 1.54) is 31.1 Å². The van der Waals surface area contributed by atoms with Gasteiger partial charge in [0.25, 0.3) is 0 Å². The molecule has 1 amide bonds. The zero-order chi connectivity index (χ0) is 22.9. The van der Waals surface area contributed by atoms with Crippen molar-refractivity contribution in [3.63, 3.8) is 0 Å². The van der Waals surface area contributed by atoms with E-state index in [1.807, 2.05) is 6.07 Å². The average Bonchev–Trinajstić information content (AvgIpc) is 3.60. The summed E-state index contributed by atoms with van der Waals surface area (Å²) in [5.74, 6) is 1.48. The number of fused-ring (bicyclic) bond motifs is 4. The Labute approximate surface area is 191 Å². The van der Waals surface area contributed by atoms with Crippen molar-refractivity contribution in [1.82, 2.24) is 9.80 Å². The second kappa shape index (κ2) is 9.26. The highest BCUT2D eigenvalue weighted by Gasteiger charge is 2.50. The van der Waals surface area contributed by atoms with Gasteiger partial charge in [0.2, 0.25) is 5.91 Å². The SMILES string of the molecule is COC(=O)/C=C1\[C@H]2Cc3ccc(OC)cc3[C@]1(CCCC(=O)N(C)C)CCN2CC1CC1. The Morgan fingerprint density at radius 2 is 2.03 bits per heavy atom. The minimum absolute atomic E-state index is 0.143. The number of ether oxygens (including phenoxy) is 2. The lowest BCUT2D eigenvalue weighted by atomic mass is 9.58. The van der Waals surface area contributed by atoms with Crippen LogP contribution in [0.5, 0.6) is 5.75 Å². The van der Waals surface area contributed by atoms with Gasteiger partial charge in [0.1, 0.15) is 5.75 Å². The molecule has 6 heteroatoms. The van der Waals surface area contributed by atoms with Gasteiger partial charge >= 0.3 is 5.97 Å². The first-order valence-electron chi connectivity index (χ1n) is 11.8. The normalized spacial score (nSPS) is 25.9. The van der Waals surface area contributed by atoms with Crippen LogP contribution in [0.25, 0.3) is 0 Å². The topological polar surface area (TPSA) is 59.1 Å². The summed E-state index contributed by atoms with van der Waals surface area (Å²) in [4.78, 5) is 29.0. The van der Waals surface area contributed by atoms with E-state index in [2.05, 4.69) is 17.0 Å². The first kappa shape index (κ1) is 22.8. The summed E-state index contributed by atoms with van der Waals surface area (Å²) in [6.07, 6.45) is 8.33. The third kappa shape index (κ3) is 4.42. The molecule has 1 saturated carbocycles. The Hall–Kier alpha value is -2.34. The van der Waals surface area contributed by atoms with Crippen molar-refractivity contribution in [3.8, 4) is 5.75 Å². The molecule has 0 radical (unpaired) electrons. The van der Waals surface area contributed by atoms with E-state index in [0.717, 1.165) is 56.0 Å². The molecule has 0 spiro atoms. The van der Waals surface area contributed by atoms with E-state index in [0.29, 0.717) is 6.42 Å². The standard InChI is InChI=1S/C26H36N2O4/c1-27(2)24(29)6-5-11-26-12-13-28(17-18-7-8-18)23(22(26)16-25(30)32-4)14-19-9-10-20(31-3)15-21(19)26/h9-10,15-16,18,23H,5-8,11-14,17H2,1-4H3/b22-16+/t23-,26+/m1/s1. The molecule has 4 rings (SSSR count). The van der Waals surface area contributed by atoms with Gasteiger partial charge < -0.3 is 14.4 Å². The molecular formula is C26H36N2O4. The number of piperidine rings is 1. The van der Waals surface area contributed by atoms with Crippen LogP contribution in [0.4, 0.5) is 0 Å². The molecule has 1 saturated heterocycles. The fraction of sp³-hybridized carbons (Fsp3) is 0.615. The summed E-state index contributed by atoms with van der Waals surface area (Å²) < 4.78 is 10.7. The number of carbonyl (C=O) groups is 2. The fourth-order valence-corrected chi connectivity index (χ4v) is 5.63. The van der Waals surface area contributed by atoms with Gasteiger partial charge in [-0.05, 0) is 79.8 Å². The third-order valence-corrected chi connectivity index (χ3v) is 7.58. The third-order valence-electron chi connectivity index (χ3n) is 7.58. The highest BCUT2D eigenvalue weighted by molar-refractivity contribution is 5.84. The molecule has 2 bridgehead atoms. The predicted molar refractivity (Wildman–Crippen MR) is 124 cm³/mol. The second-order valence-corrected chi connectivity index (χ2v) is 9.78. The van der Waals surface area contributed by atoms with Crippen molar-refractivity contribution in [3.05, 3.63) is 41.0 Å². The molecule has 1 aromatic rings. The Morgan fingerprint density at radius 1 is 1.25 bits per heavy atom. The minimum atomic E-state index is -0.293. The smallest absolute Gasteiger partial charge is 0.330 e. The van der Waals surface area contributed by atoms with Gasteiger partial charge in [-0.2, -0.15) is 0 Å². The Morgan fingerprint density at radius 3 is 2.69 bits per heavy atom. The zero-order valence-electron chi connectivity index (χ0n) is 19.9. The van der Waals surface area contributed by atoms with E-state index in [1.54, 1.807) is 32.2 Å². The summed E-state index contributed by atoms with van der Waals surface area (Å²) in [5.41, 5.74) is 3.48. The molecule has 3 aliphatic rings. The molecule has 0 N–H and O–H groups in total. The Bertz CT molecular complexity index is 905. The van der Waals surface area contributed by atoms with Gasteiger partial charge in [-0.3, -0.25) is 9.69 Å². The number of rotatable bonds is 8. The molecule has 174 valence electrons. The maximum Gasteiger partial charge on any atom is 0.330 e. The van der Waals surface area contributed by atoms with Crippen molar-refractivity contribution in [2.45, 2.75) is 56.4 Å². The summed E-state index contributed by atoms with van der Waals surface area (Å²) in [7, 11) is 6.74. The number of amides is 1. The van der Waals surface area contributed by atoms with Gasteiger partial charge in [-0.25, -0.2) is 4.79 Å². The van der Waals surface area contributed by atoms with E-state index in [4.69, 9.17) is 9.47 Å². The number of esters is 1. The first-order valence-corrected chi connectivity index (χ1v) is 11.8. The van der Waals surface area contributed by atoms with Crippen molar-refractivity contribution >= 4 is 11.9 Å². The summed E-state index contributed by atoms with van der Waals surface area (Å²) >= 11 is 0. The number of methoxy groups -OCH3 is 2. The van der Waals surface area contributed by atoms with Gasteiger partial charge in [-0.15, -0.1) is 0 Å². The largest absolute Gasteiger partial charge is 0.497 e. The maximum atomic E-state index is 12.5. The van der Waals surface area contributed by atoms with Crippen LogP contribution in [0.2, 0.25) is 0 Å². The Kier molecular flexibility index (Phi) is 6.61. The number of benzene rings is 1. The van der Waals surface area contributed by atoms with E-state index in [-0.39, 0.29) is 23.3 Å². The summed E-state index contributed by atoms with van der Waals surface area (Å²) in [5, 5.41) is 0. The molecule has 0 aromatic heterocycles.